The Kier molecular flexibility index (Phi) is 5.53. The Morgan fingerprint density at radius 3 is 2.78 bits per heavy atom. The van der Waals surface area contributed by atoms with Crippen LogP contribution >= 0.6 is 11.8 Å². The molecule has 1 aliphatic rings. The summed E-state index contributed by atoms with van der Waals surface area (Å²) in [5.74, 6) is 2.05. The second-order valence-corrected chi connectivity index (χ2v) is 7.71. The van der Waals surface area contributed by atoms with E-state index >= 15 is 0 Å². The van der Waals surface area contributed by atoms with Gasteiger partial charge in [0.2, 0.25) is 5.91 Å². The maximum Gasteiger partial charge on any atom is 0.223 e. The predicted octanol–water partition coefficient (Wildman–Crippen LogP) is 2.25. The molecule has 3 heterocycles. The van der Waals surface area contributed by atoms with Crippen molar-refractivity contribution >= 4 is 29.1 Å². The highest BCUT2D eigenvalue weighted by Gasteiger charge is 2.25. The number of carbonyl (C=O) groups is 1. The van der Waals surface area contributed by atoms with Crippen LogP contribution in [0.15, 0.2) is 53.7 Å². The molecule has 1 amide bonds. The number of carbonyl (C=O) groups excluding carboxylic acids is 1. The molecule has 1 fully saturated rings. The first-order chi connectivity index (χ1) is 13.3. The average Bonchev–Trinajstić information content (AvgIpc) is 3.20. The maximum atomic E-state index is 12.4. The number of nitrogens with zero attached hydrogens (tertiary/aromatic N) is 5. The molecule has 27 heavy (non-hydrogen) atoms. The first-order valence-corrected chi connectivity index (χ1v) is 10.2. The molecule has 0 atom stereocenters. The number of hydrogen-bond acceptors (Lipinski definition) is 6. The van der Waals surface area contributed by atoms with Crippen LogP contribution in [0.3, 0.4) is 0 Å². The fourth-order valence-electron chi connectivity index (χ4n) is 3.26. The number of rotatable bonds is 6. The summed E-state index contributed by atoms with van der Waals surface area (Å²) in [4.78, 5) is 15.9. The topological polar surface area (TPSA) is 75.4 Å². The van der Waals surface area contributed by atoms with Gasteiger partial charge in [-0.25, -0.2) is 0 Å². The fraction of sp³-hybridized carbons (Fsp3) is 0.368. The fourth-order valence-corrected chi connectivity index (χ4v) is 4.05. The molecular formula is C19H22N6OS. The molecule has 7 nitrogen and oxygen atoms in total. The summed E-state index contributed by atoms with van der Waals surface area (Å²) in [5, 5.41) is 15.4. The largest absolute Gasteiger partial charge is 0.355 e. The number of nitrogens with one attached hydrogen (secondary N) is 1. The smallest absolute Gasteiger partial charge is 0.223 e. The molecule has 0 saturated carbocycles. The van der Waals surface area contributed by atoms with E-state index in [1.165, 1.54) is 4.90 Å². The van der Waals surface area contributed by atoms with Crippen molar-refractivity contribution in [2.45, 2.75) is 17.7 Å². The molecule has 0 aliphatic carbocycles. The first-order valence-electron chi connectivity index (χ1n) is 9.17. The third-order valence-electron chi connectivity index (χ3n) is 4.75. The van der Waals surface area contributed by atoms with Crippen LogP contribution in [0.5, 0.6) is 0 Å². The van der Waals surface area contributed by atoms with Crippen LogP contribution in [0.25, 0.3) is 5.65 Å². The number of amides is 1. The summed E-state index contributed by atoms with van der Waals surface area (Å²) in [6.07, 6.45) is 3.30. The van der Waals surface area contributed by atoms with Gasteiger partial charge in [0.25, 0.3) is 0 Å². The predicted molar refractivity (Wildman–Crippen MR) is 106 cm³/mol. The number of fused-ring (bicyclic) bond motifs is 1. The van der Waals surface area contributed by atoms with Crippen LogP contribution in [0, 0.1) is 5.92 Å². The molecule has 1 aliphatic heterocycles. The SMILES string of the molecule is O=C(NCCSc1ccccc1)C1CCN(c2ccc3nncn3n2)CC1. The number of thioether (sulfide) groups is 1. The third kappa shape index (κ3) is 4.39. The Morgan fingerprint density at radius 2 is 1.96 bits per heavy atom. The van der Waals surface area contributed by atoms with E-state index in [4.69, 9.17) is 0 Å². The Bertz CT molecular complexity index is 891. The van der Waals surface area contributed by atoms with Crippen molar-refractivity contribution in [2.75, 3.05) is 30.3 Å². The molecule has 1 N–H and O–H groups in total. The highest BCUT2D eigenvalue weighted by molar-refractivity contribution is 7.99. The lowest BCUT2D eigenvalue weighted by Crippen LogP contribution is -2.41. The van der Waals surface area contributed by atoms with E-state index in [0.29, 0.717) is 6.54 Å². The van der Waals surface area contributed by atoms with Crippen LogP contribution < -0.4 is 10.2 Å². The van der Waals surface area contributed by atoms with Gasteiger partial charge in [0.1, 0.15) is 12.1 Å². The van der Waals surface area contributed by atoms with E-state index in [2.05, 4.69) is 37.6 Å². The van der Waals surface area contributed by atoms with Gasteiger partial charge in [-0.3, -0.25) is 4.79 Å². The summed E-state index contributed by atoms with van der Waals surface area (Å²) in [6, 6.07) is 14.1. The second-order valence-electron chi connectivity index (χ2n) is 6.54. The number of benzene rings is 1. The molecule has 0 bridgehead atoms. The van der Waals surface area contributed by atoms with Gasteiger partial charge in [-0.05, 0) is 37.1 Å². The number of anilines is 1. The maximum absolute atomic E-state index is 12.4. The van der Waals surface area contributed by atoms with E-state index in [0.717, 1.165) is 43.1 Å². The van der Waals surface area contributed by atoms with E-state index in [9.17, 15) is 4.79 Å². The minimum Gasteiger partial charge on any atom is -0.355 e. The standard InChI is InChI=1S/C19H22N6OS/c26-19(20-10-13-27-16-4-2-1-3-5-16)15-8-11-24(12-9-15)18-7-6-17-22-21-14-25(17)23-18/h1-7,14-15H,8-13H2,(H,20,26). The Balaban J connectivity index is 1.22. The van der Waals surface area contributed by atoms with Crippen molar-refractivity contribution in [2.24, 2.45) is 5.92 Å². The molecule has 8 heteroatoms. The zero-order valence-corrected chi connectivity index (χ0v) is 15.8. The summed E-state index contributed by atoms with van der Waals surface area (Å²) < 4.78 is 1.68. The quantitative estimate of drug-likeness (QED) is 0.521. The molecule has 4 rings (SSSR count). The highest BCUT2D eigenvalue weighted by atomic mass is 32.2. The van der Waals surface area contributed by atoms with Crippen molar-refractivity contribution in [1.29, 1.82) is 0 Å². The minimum absolute atomic E-state index is 0.0848. The van der Waals surface area contributed by atoms with Crippen LogP contribution in [0.1, 0.15) is 12.8 Å². The normalized spacial score (nSPS) is 15.2. The van der Waals surface area contributed by atoms with Gasteiger partial charge in [-0.1, -0.05) is 18.2 Å². The molecule has 2 aromatic heterocycles. The van der Waals surface area contributed by atoms with Crippen molar-refractivity contribution < 1.29 is 4.79 Å². The monoisotopic (exact) mass is 382 g/mol. The summed E-state index contributed by atoms with van der Waals surface area (Å²) in [7, 11) is 0. The minimum atomic E-state index is 0.0848. The molecule has 3 aromatic rings. The van der Waals surface area contributed by atoms with Crippen molar-refractivity contribution in [1.82, 2.24) is 25.1 Å². The van der Waals surface area contributed by atoms with Gasteiger partial charge in [-0.2, -0.15) is 4.52 Å². The Hall–Kier alpha value is -2.61. The van der Waals surface area contributed by atoms with Crippen molar-refractivity contribution in [3.63, 3.8) is 0 Å². The van der Waals surface area contributed by atoms with Gasteiger partial charge in [0.05, 0.1) is 0 Å². The van der Waals surface area contributed by atoms with E-state index in [1.807, 2.05) is 30.3 Å². The molecule has 1 saturated heterocycles. The lowest BCUT2D eigenvalue weighted by molar-refractivity contribution is -0.125. The van der Waals surface area contributed by atoms with Crippen molar-refractivity contribution in [3.05, 3.63) is 48.8 Å². The van der Waals surface area contributed by atoms with Crippen LogP contribution in [0.4, 0.5) is 5.82 Å². The van der Waals surface area contributed by atoms with E-state index in [-0.39, 0.29) is 11.8 Å². The zero-order valence-electron chi connectivity index (χ0n) is 15.0. The first kappa shape index (κ1) is 17.8. The average molecular weight is 382 g/mol. The number of aromatic nitrogens is 4. The highest BCUT2D eigenvalue weighted by Crippen LogP contribution is 2.22. The van der Waals surface area contributed by atoms with Crippen LogP contribution in [0.2, 0.25) is 0 Å². The Morgan fingerprint density at radius 1 is 1.15 bits per heavy atom. The lowest BCUT2D eigenvalue weighted by Gasteiger charge is -2.32. The zero-order chi connectivity index (χ0) is 18.5. The van der Waals surface area contributed by atoms with Gasteiger partial charge < -0.3 is 10.2 Å². The molecular weight excluding hydrogens is 360 g/mol. The van der Waals surface area contributed by atoms with Crippen LogP contribution in [-0.2, 0) is 4.79 Å². The van der Waals surface area contributed by atoms with Gasteiger partial charge in [0, 0.05) is 36.2 Å². The molecule has 0 spiro atoms. The van der Waals surface area contributed by atoms with E-state index < -0.39 is 0 Å². The van der Waals surface area contributed by atoms with Gasteiger partial charge in [0.15, 0.2) is 5.65 Å². The summed E-state index contributed by atoms with van der Waals surface area (Å²) in [5.41, 5.74) is 0.737. The Labute approximate surface area is 162 Å². The number of hydrogen-bond donors (Lipinski definition) is 1. The van der Waals surface area contributed by atoms with Gasteiger partial charge >= 0.3 is 0 Å². The molecule has 0 unspecified atom stereocenters. The van der Waals surface area contributed by atoms with E-state index in [1.54, 1.807) is 22.6 Å². The third-order valence-corrected chi connectivity index (χ3v) is 5.76. The van der Waals surface area contributed by atoms with Gasteiger partial charge in [-0.15, -0.1) is 27.1 Å². The molecule has 140 valence electrons. The second kappa shape index (κ2) is 8.39. The van der Waals surface area contributed by atoms with Crippen molar-refractivity contribution in [3.8, 4) is 0 Å². The van der Waals surface area contributed by atoms with Crippen LogP contribution in [-0.4, -0.2) is 51.1 Å². The lowest BCUT2D eigenvalue weighted by atomic mass is 9.96. The summed E-state index contributed by atoms with van der Waals surface area (Å²) in [6.45, 7) is 2.36. The summed E-state index contributed by atoms with van der Waals surface area (Å²) >= 11 is 1.76. The molecule has 1 aromatic carbocycles. The molecule has 0 radical (unpaired) electrons. The number of piperidine rings is 1.